The smallest absolute Gasteiger partial charge is 0.0499 e. The van der Waals surface area contributed by atoms with Crippen LogP contribution in [0.15, 0.2) is 24.4 Å². The van der Waals surface area contributed by atoms with Gasteiger partial charge in [-0.3, -0.25) is 0 Å². The van der Waals surface area contributed by atoms with Crippen LogP contribution in [0.3, 0.4) is 0 Å². The third-order valence-electron chi connectivity index (χ3n) is 1.88. The lowest BCUT2D eigenvalue weighted by molar-refractivity contribution is 1.42. The van der Waals surface area contributed by atoms with Crippen molar-refractivity contribution in [2.45, 2.75) is 6.92 Å². The van der Waals surface area contributed by atoms with Crippen LogP contribution in [0, 0.1) is 6.92 Å². The maximum Gasteiger partial charge on any atom is 0.0499 e. The third kappa shape index (κ3) is 0.925. The fourth-order valence-corrected chi connectivity index (χ4v) is 1.49. The lowest BCUT2D eigenvalue weighted by Gasteiger charge is -1.96. The summed E-state index contributed by atoms with van der Waals surface area (Å²) in [5, 5.41) is 1.92. The molecule has 1 aromatic carbocycles. The van der Waals surface area contributed by atoms with Crippen molar-refractivity contribution in [2.75, 3.05) is 0 Å². The summed E-state index contributed by atoms with van der Waals surface area (Å²) in [6.07, 6.45) is 1.91. The van der Waals surface area contributed by atoms with E-state index in [1.807, 2.05) is 24.4 Å². The van der Waals surface area contributed by atoms with Gasteiger partial charge in [-0.25, -0.2) is 0 Å². The Morgan fingerprint density at radius 1 is 1.27 bits per heavy atom. The van der Waals surface area contributed by atoms with Gasteiger partial charge < -0.3 is 4.98 Å². The van der Waals surface area contributed by atoms with Crippen molar-refractivity contribution in [3.05, 3.63) is 35.0 Å². The zero-order valence-electron chi connectivity index (χ0n) is 6.19. The molecule has 1 aromatic heterocycles. The number of hydrogen-bond donors (Lipinski definition) is 1. The molecule has 0 aliphatic carbocycles. The second-order valence-corrected chi connectivity index (χ2v) is 3.04. The SMILES string of the molecule is Cc1ccc(Cl)c2cc[nH]c12. The van der Waals surface area contributed by atoms with Crippen molar-refractivity contribution in [1.82, 2.24) is 4.98 Å². The first-order chi connectivity index (χ1) is 5.29. The molecule has 0 aliphatic heterocycles. The van der Waals surface area contributed by atoms with Gasteiger partial charge in [-0.05, 0) is 24.6 Å². The topological polar surface area (TPSA) is 15.8 Å². The van der Waals surface area contributed by atoms with E-state index in [0.717, 1.165) is 15.9 Å². The summed E-state index contributed by atoms with van der Waals surface area (Å²) in [5.74, 6) is 0. The molecular weight excluding hydrogens is 158 g/mol. The number of nitrogens with one attached hydrogen (secondary N) is 1. The van der Waals surface area contributed by atoms with Crippen molar-refractivity contribution >= 4 is 22.5 Å². The molecule has 1 heterocycles. The normalized spacial score (nSPS) is 10.7. The number of benzene rings is 1. The first-order valence-electron chi connectivity index (χ1n) is 3.51. The van der Waals surface area contributed by atoms with Gasteiger partial charge in [-0.15, -0.1) is 0 Å². The molecule has 2 rings (SSSR count). The van der Waals surface area contributed by atoms with Gasteiger partial charge >= 0.3 is 0 Å². The molecule has 0 fully saturated rings. The van der Waals surface area contributed by atoms with Gasteiger partial charge in [0.1, 0.15) is 0 Å². The van der Waals surface area contributed by atoms with Gasteiger partial charge in [0.2, 0.25) is 0 Å². The Hall–Kier alpha value is -0.950. The predicted molar refractivity (Wildman–Crippen MR) is 48.0 cm³/mol. The Morgan fingerprint density at radius 3 is 2.82 bits per heavy atom. The van der Waals surface area contributed by atoms with Crippen molar-refractivity contribution in [3.8, 4) is 0 Å². The minimum Gasteiger partial charge on any atom is -0.361 e. The molecule has 0 radical (unpaired) electrons. The van der Waals surface area contributed by atoms with Crippen molar-refractivity contribution in [1.29, 1.82) is 0 Å². The number of aromatic amines is 1. The largest absolute Gasteiger partial charge is 0.361 e. The molecule has 1 nitrogen and oxygen atoms in total. The minimum absolute atomic E-state index is 0.812. The van der Waals surface area contributed by atoms with Crippen LogP contribution in [0.1, 0.15) is 5.56 Å². The Balaban J connectivity index is 2.96. The van der Waals surface area contributed by atoms with Crippen LogP contribution >= 0.6 is 11.6 Å². The molecule has 0 spiro atoms. The molecule has 0 unspecified atom stereocenters. The number of hydrogen-bond acceptors (Lipinski definition) is 0. The highest BCUT2D eigenvalue weighted by atomic mass is 35.5. The van der Waals surface area contributed by atoms with Gasteiger partial charge in [0.25, 0.3) is 0 Å². The molecule has 0 saturated heterocycles. The second kappa shape index (κ2) is 2.28. The fraction of sp³-hybridized carbons (Fsp3) is 0.111. The van der Waals surface area contributed by atoms with E-state index in [1.165, 1.54) is 5.56 Å². The van der Waals surface area contributed by atoms with Crippen LogP contribution in [0.2, 0.25) is 5.02 Å². The van der Waals surface area contributed by atoms with Gasteiger partial charge in [0, 0.05) is 22.1 Å². The van der Waals surface area contributed by atoms with Crippen molar-refractivity contribution in [2.24, 2.45) is 0 Å². The van der Waals surface area contributed by atoms with Crippen LogP contribution in [0.4, 0.5) is 0 Å². The number of H-pyrrole nitrogens is 1. The first-order valence-corrected chi connectivity index (χ1v) is 3.89. The maximum atomic E-state index is 5.95. The first kappa shape index (κ1) is 6.74. The van der Waals surface area contributed by atoms with E-state index in [-0.39, 0.29) is 0 Å². The van der Waals surface area contributed by atoms with Crippen LogP contribution in [-0.2, 0) is 0 Å². The monoisotopic (exact) mass is 165 g/mol. The van der Waals surface area contributed by atoms with E-state index in [0.29, 0.717) is 0 Å². The average Bonchev–Trinajstić information content (AvgIpc) is 2.45. The number of rotatable bonds is 0. The van der Waals surface area contributed by atoms with Crippen molar-refractivity contribution < 1.29 is 0 Å². The van der Waals surface area contributed by atoms with E-state index < -0.39 is 0 Å². The van der Waals surface area contributed by atoms with Gasteiger partial charge in [-0.2, -0.15) is 0 Å². The zero-order valence-corrected chi connectivity index (χ0v) is 6.94. The molecule has 11 heavy (non-hydrogen) atoms. The van der Waals surface area contributed by atoms with Gasteiger partial charge in [-0.1, -0.05) is 17.7 Å². The van der Waals surface area contributed by atoms with E-state index in [1.54, 1.807) is 0 Å². The summed E-state index contributed by atoms with van der Waals surface area (Å²) in [7, 11) is 0. The molecule has 0 atom stereocenters. The van der Waals surface area contributed by atoms with Crippen LogP contribution in [-0.4, -0.2) is 4.98 Å². The Bertz CT molecular complexity index is 353. The summed E-state index contributed by atoms with van der Waals surface area (Å²) in [4.78, 5) is 3.14. The number of halogens is 1. The van der Waals surface area contributed by atoms with E-state index in [9.17, 15) is 0 Å². The maximum absolute atomic E-state index is 5.95. The summed E-state index contributed by atoms with van der Waals surface area (Å²) in [6, 6.07) is 5.93. The number of aromatic nitrogens is 1. The number of aryl methyl sites for hydroxylation is 1. The standard InChI is InChI=1S/C9H8ClN/c1-6-2-3-8(10)7-4-5-11-9(6)7/h2-5,11H,1H3. The van der Waals surface area contributed by atoms with E-state index in [2.05, 4.69) is 11.9 Å². The average molecular weight is 166 g/mol. The van der Waals surface area contributed by atoms with Crippen LogP contribution in [0.25, 0.3) is 10.9 Å². The Kier molecular flexibility index (Phi) is 1.40. The Labute approximate surface area is 70.0 Å². The molecule has 2 aromatic rings. The summed E-state index contributed by atoms with van der Waals surface area (Å²) in [6.45, 7) is 2.06. The highest BCUT2D eigenvalue weighted by Crippen LogP contribution is 2.24. The molecule has 0 amide bonds. The quantitative estimate of drug-likeness (QED) is 0.618. The Morgan fingerprint density at radius 2 is 2.09 bits per heavy atom. The highest BCUT2D eigenvalue weighted by molar-refractivity contribution is 6.35. The third-order valence-corrected chi connectivity index (χ3v) is 2.21. The molecule has 0 saturated carbocycles. The molecule has 1 N–H and O–H groups in total. The molecule has 2 heteroatoms. The minimum atomic E-state index is 0.812. The predicted octanol–water partition coefficient (Wildman–Crippen LogP) is 3.13. The van der Waals surface area contributed by atoms with E-state index in [4.69, 9.17) is 11.6 Å². The van der Waals surface area contributed by atoms with E-state index >= 15 is 0 Å². The lowest BCUT2D eigenvalue weighted by Crippen LogP contribution is -1.75. The highest BCUT2D eigenvalue weighted by Gasteiger charge is 2.00. The lowest BCUT2D eigenvalue weighted by atomic mass is 10.2. The van der Waals surface area contributed by atoms with Gasteiger partial charge in [0.15, 0.2) is 0 Å². The van der Waals surface area contributed by atoms with Crippen LogP contribution < -0.4 is 0 Å². The van der Waals surface area contributed by atoms with Crippen LogP contribution in [0.5, 0.6) is 0 Å². The molecule has 0 aliphatic rings. The summed E-state index contributed by atoms with van der Waals surface area (Å²) < 4.78 is 0. The summed E-state index contributed by atoms with van der Waals surface area (Å²) in [5.41, 5.74) is 2.37. The van der Waals surface area contributed by atoms with Gasteiger partial charge in [0.05, 0.1) is 0 Å². The second-order valence-electron chi connectivity index (χ2n) is 2.63. The molecular formula is C9H8ClN. The zero-order chi connectivity index (χ0) is 7.84. The van der Waals surface area contributed by atoms with Crippen molar-refractivity contribution in [3.63, 3.8) is 0 Å². The number of fused-ring (bicyclic) bond motifs is 1. The molecule has 0 bridgehead atoms. The fourth-order valence-electron chi connectivity index (χ4n) is 1.27. The summed E-state index contributed by atoms with van der Waals surface area (Å²) >= 11 is 5.95. The molecule has 56 valence electrons.